The van der Waals surface area contributed by atoms with Crippen LogP contribution in [0, 0.1) is 3.57 Å². The molecule has 0 bridgehead atoms. The van der Waals surface area contributed by atoms with Crippen molar-refractivity contribution in [3.63, 3.8) is 0 Å². The predicted octanol–water partition coefficient (Wildman–Crippen LogP) is 0.943. The number of anilines is 1. The molecule has 0 unspecified atom stereocenters. The molecule has 0 aromatic heterocycles. The van der Waals surface area contributed by atoms with E-state index in [4.69, 9.17) is 9.47 Å². The van der Waals surface area contributed by atoms with Crippen LogP contribution in [-0.2, 0) is 19.9 Å². The van der Waals surface area contributed by atoms with Crippen LogP contribution in [0.2, 0.25) is 0 Å². The molecule has 2 heterocycles. The van der Waals surface area contributed by atoms with Crippen molar-refractivity contribution in [2.45, 2.75) is 37.4 Å². The van der Waals surface area contributed by atoms with E-state index in [0.717, 1.165) is 3.57 Å². The number of hydrogen-bond acceptors (Lipinski definition) is 5. The van der Waals surface area contributed by atoms with Gasteiger partial charge in [-0.2, -0.15) is 0 Å². The van der Waals surface area contributed by atoms with Crippen molar-refractivity contribution in [3.8, 4) is 0 Å². The largest absolute Gasteiger partial charge is 0.388 e. The lowest BCUT2D eigenvalue weighted by molar-refractivity contribution is -0.330. The number of fused-ring (bicyclic) bond motifs is 1. The second-order valence-corrected chi connectivity index (χ2v) is 6.86. The summed E-state index contributed by atoms with van der Waals surface area (Å²) in [5.41, 5.74) is -0.955. The molecule has 1 amide bonds. The van der Waals surface area contributed by atoms with Crippen LogP contribution < -0.4 is 5.32 Å². The molecule has 0 spiro atoms. The molecule has 21 heavy (non-hydrogen) atoms. The molecule has 114 valence electrons. The van der Waals surface area contributed by atoms with Gasteiger partial charge in [-0.15, -0.1) is 0 Å². The fraction of sp³-hybridized carbons (Fsp3) is 0.500. The van der Waals surface area contributed by atoms with Crippen molar-refractivity contribution in [1.82, 2.24) is 0 Å². The Morgan fingerprint density at radius 2 is 2.14 bits per heavy atom. The van der Waals surface area contributed by atoms with Gasteiger partial charge in [-0.05, 0) is 42.5 Å². The van der Waals surface area contributed by atoms with Gasteiger partial charge in [-0.3, -0.25) is 4.79 Å². The molecule has 0 radical (unpaired) electrons. The molecule has 0 saturated carbocycles. The highest BCUT2D eigenvalue weighted by Gasteiger charge is 2.57. The Morgan fingerprint density at radius 1 is 1.43 bits per heavy atom. The van der Waals surface area contributed by atoms with Gasteiger partial charge >= 0.3 is 0 Å². The van der Waals surface area contributed by atoms with Gasteiger partial charge in [0.1, 0.15) is 12.2 Å². The van der Waals surface area contributed by atoms with Crippen LogP contribution in [0.25, 0.3) is 0 Å². The number of carbonyl (C=O) groups is 1. The first-order chi connectivity index (χ1) is 9.75. The first kappa shape index (κ1) is 15.2. The SMILES string of the molecule is CC1(C)OC[C@H](O)[C@H]([C@]2(O)C(=O)Nc3c(I)cccc32)O1. The average molecular weight is 405 g/mol. The third-order valence-electron chi connectivity index (χ3n) is 3.78. The minimum Gasteiger partial charge on any atom is -0.388 e. The maximum atomic E-state index is 12.4. The van der Waals surface area contributed by atoms with Crippen LogP contribution in [0.5, 0.6) is 0 Å². The Labute approximate surface area is 135 Å². The van der Waals surface area contributed by atoms with Crippen molar-refractivity contribution in [3.05, 3.63) is 27.3 Å². The highest BCUT2D eigenvalue weighted by atomic mass is 127. The Balaban J connectivity index is 2.08. The van der Waals surface area contributed by atoms with Gasteiger partial charge in [0.05, 0.1) is 12.3 Å². The standard InChI is InChI=1S/C14H16INO5/c1-13(2)20-6-9(17)11(21-13)14(19)7-4-3-5-8(15)10(7)16-12(14)18/h3-5,9,11,17,19H,6H2,1-2H3,(H,16,18)/t9-,11+,14-/m0/s1. The lowest BCUT2D eigenvalue weighted by Gasteiger charge is -2.43. The third-order valence-corrected chi connectivity index (χ3v) is 4.68. The first-order valence-corrected chi connectivity index (χ1v) is 7.66. The van der Waals surface area contributed by atoms with Gasteiger partial charge in [0.15, 0.2) is 11.4 Å². The van der Waals surface area contributed by atoms with Crippen LogP contribution in [0.3, 0.4) is 0 Å². The van der Waals surface area contributed by atoms with Crippen molar-refractivity contribution in [2.75, 3.05) is 11.9 Å². The Bertz CT molecular complexity index is 605. The van der Waals surface area contributed by atoms with Crippen LogP contribution in [-0.4, -0.2) is 40.7 Å². The summed E-state index contributed by atoms with van der Waals surface area (Å²) in [5.74, 6) is -1.58. The summed E-state index contributed by atoms with van der Waals surface area (Å²) in [4.78, 5) is 12.4. The quantitative estimate of drug-likeness (QED) is 0.606. The van der Waals surface area contributed by atoms with Crippen molar-refractivity contribution in [1.29, 1.82) is 0 Å². The normalized spacial score (nSPS) is 34.4. The number of aliphatic hydroxyl groups is 2. The summed E-state index contributed by atoms with van der Waals surface area (Å²) in [5, 5.41) is 23.8. The van der Waals surface area contributed by atoms with E-state index in [-0.39, 0.29) is 6.61 Å². The van der Waals surface area contributed by atoms with E-state index in [1.165, 1.54) is 0 Å². The monoisotopic (exact) mass is 405 g/mol. The molecule has 2 aliphatic rings. The van der Waals surface area contributed by atoms with E-state index in [0.29, 0.717) is 11.3 Å². The lowest BCUT2D eigenvalue weighted by atomic mass is 9.85. The van der Waals surface area contributed by atoms with E-state index in [1.807, 2.05) is 6.07 Å². The lowest BCUT2D eigenvalue weighted by Crippen LogP contribution is -2.60. The number of nitrogens with one attached hydrogen (secondary N) is 1. The van der Waals surface area contributed by atoms with E-state index in [1.54, 1.807) is 26.0 Å². The molecule has 3 rings (SSSR count). The topological polar surface area (TPSA) is 88.0 Å². The molecule has 3 atom stereocenters. The molecule has 1 aromatic rings. The second kappa shape index (κ2) is 4.88. The van der Waals surface area contributed by atoms with Gasteiger partial charge in [-0.1, -0.05) is 12.1 Å². The van der Waals surface area contributed by atoms with Crippen LogP contribution >= 0.6 is 22.6 Å². The Morgan fingerprint density at radius 3 is 2.86 bits per heavy atom. The van der Waals surface area contributed by atoms with Crippen molar-refractivity contribution >= 4 is 34.2 Å². The van der Waals surface area contributed by atoms with Gasteiger partial charge in [0.25, 0.3) is 5.91 Å². The van der Waals surface area contributed by atoms with Gasteiger partial charge < -0.3 is 25.0 Å². The molecule has 1 fully saturated rings. The number of halogens is 1. The number of para-hydroxylation sites is 1. The maximum Gasteiger partial charge on any atom is 0.264 e. The zero-order valence-corrected chi connectivity index (χ0v) is 13.7. The number of rotatable bonds is 1. The second-order valence-electron chi connectivity index (χ2n) is 5.70. The van der Waals surface area contributed by atoms with Gasteiger partial charge in [0.2, 0.25) is 0 Å². The number of amides is 1. The number of hydrogen-bond donors (Lipinski definition) is 3. The molecule has 0 aliphatic carbocycles. The minimum atomic E-state index is -1.93. The van der Waals surface area contributed by atoms with Crippen LogP contribution in [0.1, 0.15) is 19.4 Å². The summed E-state index contributed by atoms with van der Waals surface area (Å²) >= 11 is 2.08. The number of benzene rings is 1. The maximum absolute atomic E-state index is 12.4. The fourth-order valence-corrected chi connectivity index (χ4v) is 3.37. The average Bonchev–Trinajstić information content (AvgIpc) is 2.68. The summed E-state index contributed by atoms with van der Waals surface area (Å²) in [6.07, 6.45) is -2.20. The van der Waals surface area contributed by atoms with Gasteiger partial charge in [-0.25, -0.2) is 0 Å². The van der Waals surface area contributed by atoms with E-state index in [9.17, 15) is 15.0 Å². The third kappa shape index (κ3) is 2.27. The Kier molecular flexibility index (Phi) is 3.53. The predicted molar refractivity (Wildman–Crippen MR) is 82.6 cm³/mol. The van der Waals surface area contributed by atoms with Crippen LogP contribution in [0.15, 0.2) is 18.2 Å². The molecule has 1 saturated heterocycles. The molecular formula is C14H16INO5. The Hall–Kier alpha value is -0.740. The summed E-state index contributed by atoms with van der Waals surface area (Å²) in [7, 11) is 0. The van der Waals surface area contributed by atoms with Crippen molar-refractivity contribution in [2.24, 2.45) is 0 Å². The summed E-state index contributed by atoms with van der Waals surface area (Å²) in [6, 6.07) is 5.24. The first-order valence-electron chi connectivity index (χ1n) is 6.58. The molecular weight excluding hydrogens is 389 g/mol. The van der Waals surface area contributed by atoms with E-state index < -0.39 is 29.5 Å². The van der Waals surface area contributed by atoms with Crippen molar-refractivity contribution < 1.29 is 24.5 Å². The minimum absolute atomic E-state index is 0.00742. The number of ether oxygens (including phenoxy) is 2. The molecule has 2 aliphatic heterocycles. The molecule has 3 N–H and O–H groups in total. The van der Waals surface area contributed by atoms with E-state index >= 15 is 0 Å². The summed E-state index contributed by atoms with van der Waals surface area (Å²) < 4.78 is 11.8. The molecule has 6 nitrogen and oxygen atoms in total. The smallest absolute Gasteiger partial charge is 0.264 e. The number of aliphatic hydroxyl groups excluding tert-OH is 1. The van der Waals surface area contributed by atoms with Gasteiger partial charge in [0, 0.05) is 9.13 Å². The number of carbonyl (C=O) groups excluding carboxylic acids is 1. The highest BCUT2D eigenvalue weighted by Crippen LogP contribution is 2.44. The molecule has 7 heteroatoms. The van der Waals surface area contributed by atoms with Crippen LogP contribution in [0.4, 0.5) is 5.69 Å². The molecule has 1 aromatic carbocycles. The highest BCUT2D eigenvalue weighted by molar-refractivity contribution is 14.1. The summed E-state index contributed by atoms with van der Waals surface area (Å²) in [6.45, 7) is 3.35. The van der Waals surface area contributed by atoms with E-state index in [2.05, 4.69) is 27.9 Å². The zero-order chi connectivity index (χ0) is 15.4. The fourth-order valence-electron chi connectivity index (χ4n) is 2.74. The zero-order valence-electron chi connectivity index (χ0n) is 11.6.